The first-order chi connectivity index (χ1) is 10.5. The van der Waals surface area contributed by atoms with Crippen LogP contribution < -0.4 is 5.73 Å². The van der Waals surface area contributed by atoms with Gasteiger partial charge in [-0.1, -0.05) is 26.0 Å². The Morgan fingerprint density at radius 1 is 1.05 bits per heavy atom. The number of hydrogen-bond acceptors (Lipinski definition) is 1. The van der Waals surface area contributed by atoms with E-state index in [1.807, 2.05) is 0 Å². The molecule has 7 atom stereocenters. The molecule has 3 fully saturated rings. The van der Waals surface area contributed by atoms with Gasteiger partial charge in [0, 0.05) is 5.92 Å². The van der Waals surface area contributed by atoms with E-state index in [0.29, 0.717) is 5.41 Å². The van der Waals surface area contributed by atoms with Gasteiger partial charge in [-0.05, 0) is 85.9 Å². The molecule has 4 aliphatic rings. The second-order valence-corrected chi connectivity index (χ2v) is 9.07. The zero-order valence-corrected chi connectivity index (χ0v) is 14.2. The third-order valence-corrected chi connectivity index (χ3v) is 8.47. The van der Waals surface area contributed by atoms with Crippen LogP contribution in [0.1, 0.15) is 65.2 Å². The van der Waals surface area contributed by atoms with Crippen molar-refractivity contribution in [2.24, 2.45) is 46.2 Å². The van der Waals surface area contributed by atoms with Crippen molar-refractivity contribution >= 4 is 5.91 Å². The quantitative estimate of drug-likeness (QED) is 0.721. The number of amides is 1. The van der Waals surface area contributed by atoms with Gasteiger partial charge in [0.2, 0.25) is 5.91 Å². The van der Waals surface area contributed by atoms with Crippen molar-refractivity contribution in [3.8, 4) is 0 Å². The lowest BCUT2D eigenvalue weighted by Gasteiger charge is -2.59. The van der Waals surface area contributed by atoms with E-state index in [4.69, 9.17) is 5.73 Å². The summed E-state index contributed by atoms with van der Waals surface area (Å²) >= 11 is 0. The van der Waals surface area contributed by atoms with E-state index < -0.39 is 0 Å². The van der Waals surface area contributed by atoms with E-state index >= 15 is 0 Å². The van der Waals surface area contributed by atoms with Crippen LogP contribution in [0.2, 0.25) is 0 Å². The molecule has 4 rings (SSSR count). The van der Waals surface area contributed by atoms with Crippen molar-refractivity contribution in [1.82, 2.24) is 0 Å². The van der Waals surface area contributed by atoms with Gasteiger partial charge in [0.1, 0.15) is 0 Å². The fourth-order valence-corrected chi connectivity index (χ4v) is 7.29. The predicted octanol–water partition coefficient (Wildman–Crippen LogP) is 4.30. The van der Waals surface area contributed by atoms with Crippen LogP contribution in [0, 0.1) is 40.4 Å². The second kappa shape index (κ2) is 4.85. The zero-order chi connectivity index (χ0) is 15.5. The van der Waals surface area contributed by atoms with Crippen LogP contribution in [0.25, 0.3) is 0 Å². The summed E-state index contributed by atoms with van der Waals surface area (Å²) in [6, 6.07) is 0. The molecule has 4 aliphatic carbocycles. The number of rotatable bonds is 1. The highest BCUT2D eigenvalue weighted by molar-refractivity contribution is 5.78. The topological polar surface area (TPSA) is 43.1 Å². The minimum atomic E-state index is -0.0408. The molecule has 3 saturated carbocycles. The molecule has 2 N–H and O–H groups in total. The molecule has 0 aromatic rings. The summed E-state index contributed by atoms with van der Waals surface area (Å²) in [4.78, 5) is 11.9. The Kier molecular flexibility index (Phi) is 3.26. The van der Waals surface area contributed by atoms with Gasteiger partial charge in [-0.25, -0.2) is 0 Å². The first kappa shape index (κ1) is 14.8. The fourth-order valence-electron chi connectivity index (χ4n) is 7.29. The van der Waals surface area contributed by atoms with Gasteiger partial charge >= 0.3 is 0 Å². The number of carbonyl (C=O) groups is 1. The van der Waals surface area contributed by atoms with Crippen molar-refractivity contribution in [2.45, 2.75) is 65.2 Å². The molecule has 0 heterocycles. The molecule has 0 aromatic carbocycles. The Hall–Kier alpha value is -0.790. The third kappa shape index (κ3) is 1.82. The number of hydrogen-bond donors (Lipinski definition) is 1. The van der Waals surface area contributed by atoms with Crippen LogP contribution in [-0.4, -0.2) is 5.91 Å². The SMILES string of the molecule is C[C@]12CC[C@H]3[C@@H](CCC4CCC=C[C@@]43C)[C@@H]1CC[C@@H]2C(N)=O. The lowest BCUT2D eigenvalue weighted by atomic mass is 9.46. The minimum absolute atomic E-state index is 0.0408. The lowest BCUT2D eigenvalue weighted by molar-refractivity contribution is -0.130. The summed E-state index contributed by atoms with van der Waals surface area (Å²) in [5.74, 6) is 3.39. The predicted molar refractivity (Wildman–Crippen MR) is 88.9 cm³/mol. The number of carbonyl (C=O) groups excluding carboxylic acids is 1. The smallest absolute Gasteiger partial charge is 0.221 e. The highest BCUT2D eigenvalue weighted by Crippen LogP contribution is 2.66. The van der Waals surface area contributed by atoms with Crippen molar-refractivity contribution in [2.75, 3.05) is 0 Å². The van der Waals surface area contributed by atoms with Crippen LogP contribution in [0.15, 0.2) is 12.2 Å². The minimum Gasteiger partial charge on any atom is -0.369 e. The van der Waals surface area contributed by atoms with Crippen molar-refractivity contribution in [3.63, 3.8) is 0 Å². The molecule has 2 nitrogen and oxygen atoms in total. The summed E-state index contributed by atoms with van der Waals surface area (Å²) in [6.45, 7) is 4.91. The van der Waals surface area contributed by atoms with Crippen LogP contribution in [0.4, 0.5) is 0 Å². The molecule has 22 heavy (non-hydrogen) atoms. The number of allylic oxidation sites excluding steroid dienone is 2. The van der Waals surface area contributed by atoms with Gasteiger partial charge in [0.25, 0.3) is 0 Å². The van der Waals surface area contributed by atoms with E-state index in [9.17, 15) is 4.79 Å². The molecular formula is C20H31NO. The van der Waals surface area contributed by atoms with Crippen molar-refractivity contribution < 1.29 is 4.79 Å². The third-order valence-electron chi connectivity index (χ3n) is 8.47. The number of nitrogens with two attached hydrogens (primary N) is 1. The van der Waals surface area contributed by atoms with Gasteiger partial charge in [-0.2, -0.15) is 0 Å². The Morgan fingerprint density at radius 2 is 1.86 bits per heavy atom. The normalized spacial score (nSPS) is 53.5. The molecule has 0 spiro atoms. The lowest BCUT2D eigenvalue weighted by Crippen LogP contribution is -2.52. The Bertz CT molecular complexity index is 512. The molecule has 0 aromatic heterocycles. The molecule has 1 unspecified atom stereocenters. The summed E-state index contributed by atoms with van der Waals surface area (Å²) in [6.07, 6.45) is 15.3. The van der Waals surface area contributed by atoms with E-state index in [1.165, 1.54) is 44.9 Å². The van der Waals surface area contributed by atoms with Crippen LogP contribution in [0.5, 0.6) is 0 Å². The maximum absolute atomic E-state index is 11.9. The molecule has 0 aliphatic heterocycles. The van der Waals surface area contributed by atoms with Crippen LogP contribution >= 0.6 is 0 Å². The van der Waals surface area contributed by atoms with Gasteiger partial charge in [-0.15, -0.1) is 0 Å². The van der Waals surface area contributed by atoms with Crippen LogP contribution in [-0.2, 0) is 4.79 Å². The summed E-state index contributed by atoms with van der Waals surface area (Å²) in [5, 5.41) is 0. The van der Waals surface area contributed by atoms with E-state index in [-0.39, 0.29) is 17.2 Å². The standard InChI is InChI=1S/C20H31NO/c1-19-11-4-3-5-13(19)6-7-14-15-8-9-17(18(21)22)20(15,2)12-10-16(14)19/h4,11,13-17H,3,5-10,12H2,1-2H3,(H2,21,22)/t13?,14-,15-,16-,17+,19-,20-/m0/s1. The molecule has 0 bridgehead atoms. The maximum atomic E-state index is 11.9. The summed E-state index contributed by atoms with van der Waals surface area (Å²) in [7, 11) is 0. The molecule has 0 radical (unpaired) electrons. The van der Waals surface area contributed by atoms with Crippen LogP contribution in [0.3, 0.4) is 0 Å². The monoisotopic (exact) mass is 301 g/mol. The van der Waals surface area contributed by atoms with Gasteiger partial charge < -0.3 is 5.73 Å². The first-order valence-corrected chi connectivity index (χ1v) is 9.44. The largest absolute Gasteiger partial charge is 0.369 e. The average Bonchev–Trinajstić information content (AvgIpc) is 2.84. The number of primary amides is 1. The zero-order valence-electron chi connectivity index (χ0n) is 14.2. The van der Waals surface area contributed by atoms with Crippen molar-refractivity contribution in [1.29, 1.82) is 0 Å². The summed E-state index contributed by atoms with van der Waals surface area (Å²) < 4.78 is 0. The van der Waals surface area contributed by atoms with E-state index in [1.54, 1.807) is 0 Å². The average molecular weight is 301 g/mol. The van der Waals surface area contributed by atoms with Gasteiger partial charge in [0.05, 0.1) is 0 Å². The molecule has 0 saturated heterocycles. The highest BCUT2D eigenvalue weighted by atomic mass is 16.1. The molecular weight excluding hydrogens is 270 g/mol. The molecule has 1 amide bonds. The first-order valence-electron chi connectivity index (χ1n) is 9.44. The van der Waals surface area contributed by atoms with Gasteiger partial charge in [-0.3, -0.25) is 4.79 Å². The fraction of sp³-hybridized carbons (Fsp3) is 0.850. The highest BCUT2D eigenvalue weighted by Gasteiger charge is 2.60. The summed E-state index contributed by atoms with van der Waals surface area (Å²) in [5.41, 5.74) is 6.35. The number of fused-ring (bicyclic) bond motifs is 5. The molecule has 2 heteroatoms. The van der Waals surface area contributed by atoms with Gasteiger partial charge in [0.15, 0.2) is 0 Å². The second-order valence-electron chi connectivity index (χ2n) is 9.07. The maximum Gasteiger partial charge on any atom is 0.221 e. The Balaban J connectivity index is 1.66. The Labute approximate surface area is 134 Å². The van der Waals surface area contributed by atoms with E-state index in [2.05, 4.69) is 26.0 Å². The molecule has 122 valence electrons. The van der Waals surface area contributed by atoms with E-state index in [0.717, 1.165) is 30.1 Å². The Morgan fingerprint density at radius 3 is 2.64 bits per heavy atom. The van der Waals surface area contributed by atoms with Crippen molar-refractivity contribution in [3.05, 3.63) is 12.2 Å².